The van der Waals surface area contributed by atoms with Crippen LogP contribution >= 0.6 is 15.6 Å². The Balaban J connectivity index is 5.24. The molecule has 17 nitrogen and oxygen atoms in total. The summed E-state index contributed by atoms with van der Waals surface area (Å²) in [6, 6.07) is 0. The summed E-state index contributed by atoms with van der Waals surface area (Å²) in [5.74, 6) is -0.618. The van der Waals surface area contributed by atoms with Crippen molar-refractivity contribution in [3.8, 4) is 0 Å². The lowest BCUT2D eigenvalue weighted by Crippen LogP contribution is -2.30. The summed E-state index contributed by atoms with van der Waals surface area (Å²) >= 11 is 0. The van der Waals surface area contributed by atoms with Gasteiger partial charge in [-0.1, -0.05) is 324 Å². The maximum atomic E-state index is 13.1. The van der Waals surface area contributed by atoms with Gasteiger partial charge in [-0.15, -0.1) is 0 Å². The van der Waals surface area contributed by atoms with Crippen LogP contribution in [0.4, 0.5) is 0 Å². The fourth-order valence-electron chi connectivity index (χ4n) is 11.1. The SMILES string of the molecule is CCCCCCCCCCCCCCCC(=O)OC[C@H](COP(=O)(O)OC[C@@H](O)COP(=O)(O)OC[C@@H](COC(=O)CCCCCCCCCC(C)C)OC(=O)CCCCCCCCCCCCCC)OC(=O)CCCCCCCCCCCCCCCCC(C)C. The van der Waals surface area contributed by atoms with Gasteiger partial charge in [-0.05, 0) is 37.5 Å². The van der Waals surface area contributed by atoms with E-state index in [0.29, 0.717) is 31.6 Å². The molecule has 0 aliphatic carbocycles. The van der Waals surface area contributed by atoms with E-state index in [-0.39, 0.29) is 25.7 Å². The van der Waals surface area contributed by atoms with Crippen LogP contribution < -0.4 is 0 Å². The van der Waals surface area contributed by atoms with E-state index in [4.69, 9.17) is 37.0 Å². The number of phosphoric acid groups is 2. The molecule has 0 rings (SSSR count). The minimum atomic E-state index is -4.95. The Morgan fingerprint density at radius 3 is 0.739 bits per heavy atom. The van der Waals surface area contributed by atoms with E-state index >= 15 is 0 Å². The molecule has 3 N–H and O–H groups in total. The van der Waals surface area contributed by atoms with Crippen LogP contribution in [0.15, 0.2) is 0 Å². The van der Waals surface area contributed by atoms with E-state index in [1.807, 2.05) is 0 Å². The molecule has 0 radical (unpaired) electrons. The van der Waals surface area contributed by atoms with Crippen molar-refractivity contribution in [2.24, 2.45) is 11.8 Å². The summed E-state index contributed by atoms with van der Waals surface area (Å²) in [5.41, 5.74) is 0. The average molecular weight is 1350 g/mol. The zero-order valence-corrected chi connectivity index (χ0v) is 61.6. The summed E-state index contributed by atoms with van der Waals surface area (Å²) in [6.07, 6.45) is 51.3. The highest BCUT2D eigenvalue weighted by Crippen LogP contribution is 2.45. The number of hydrogen-bond donors (Lipinski definition) is 3. The first-order valence-electron chi connectivity index (χ1n) is 38.0. The molecule has 92 heavy (non-hydrogen) atoms. The number of esters is 4. The normalized spacial score (nSPS) is 14.1. The second kappa shape index (κ2) is 65.0. The van der Waals surface area contributed by atoms with E-state index in [2.05, 4.69) is 41.5 Å². The van der Waals surface area contributed by atoms with Crippen molar-refractivity contribution in [3.05, 3.63) is 0 Å². The Bertz CT molecular complexity index is 1790. The van der Waals surface area contributed by atoms with Crippen LogP contribution in [0.3, 0.4) is 0 Å². The highest BCUT2D eigenvalue weighted by molar-refractivity contribution is 7.47. The van der Waals surface area contributed by atoms with E-state index in [9.17, 15) is 43.2 Å². The number of aliphatic hydroxyl groups is 1. The zero-order valence-electron chi connectivity index (χ0n) is 59.9. The third kappa shape index (κ3) is 66.7. The van der Waals surface area contributed by atoms with Crippen molar-refractivity contribution in [2.75, 3.05) is 39.6 Å². The van der Waals surface area contributed by atoms with Crippen molar-refractivity contribution >= 4 is 39.5 Å². The van der Waals surface area contributed by atoms with Gasteiger partial charge in [0, 0.05) is 25.7 Å². The molecule has 0 fully saturated rings. The Morgan fingerprint density at radius 2 is 0.500 bits per heavy atom. The molecule has 19 heteroatoms. The van der Waals surface area contributed by atoms with Gasteiger partial charge in [0.15, 0.2) is 12.2 Å². The number of rotatable bonds is 72. The molecule has 0 spiro atoms. The Morgan fingerprint density at radius 1 is 0.293 bits per heavy atom. The van der Waals surface area contributed by atoms with Gasteiger partial charge in [-0.25, -0.2) is 9.13 Å². The van der Waals surface area contributed by atoms with Crippen molar-refractivity contribution < 1.29 is 80.2 Å². The van der Waals surface area contributed by atoms with Gasteiger partial charge in [0.2, 0.25) is 0 Å². The molecule has 0 saturated carbocycles. The van der Waals surface area contributed by atoms with Crippen LogP contribution in [0.2, 0.25) is 0 Å². The minimum absolute atomic E-state index is 0.107. The third-order valence-electron chi connectivity index (χ3n) is 17.0. The molecule has 0 aliphatic rings. The topological polar surface area (TPSA) is 237 Å². The molecule has 0 bridgehead atoms. The van der Waals surface area contributed by atoms with Gasteiger partial charge in [0.25, 0.3) is 0 Å². The quantitative estimate of drug-likeness (QED) is 0.0222. The van der Waals surface area contributed by atoms with Crippen molar-refractivity contribution in [2.45, 2.75) is 394 Å². The lowest BCUT2D eigenvalue weighted by molar-refractivity contribution is -0.161. The molecule has 0 saturated heterocycles. The van der Waals surface area contributed by atoms with Crippen molar-refractivity contribution in [3.63, 3.8) is 0 Å². The number of hydrogen-bond acceptors (Lipinski definition) is 15. The van der Waals surface area contributed by atoms with Gasteiger partial charge in [0.05, 0.1) is 26.4 Å². The molecule has 546 valence electrons. The second-order valence-electron chi connectivity index (χ2n) is 27.3. The van der Waals surface area contributed by atoms with Gasteiger partial charge >= 0.3 is 39.5 Å². The lowest BCUT2D eigenvalue weighted by atomic mass is 10.0. The Labute approximate surface area is 562 Å². The van der Waals surface area contributed by atoms with Crippen LogP contribution in [0.25, 0.3) is 0 Å². The van der Waals surface area contributed by atoms with E-state index < -0.39 is 97.5 Å². The Hall–Kier alpha value is -1.94. The molecule has 2 unspecified atom stereocenters. The average Bonchev–Trinajstić information content (AvgIpc) is 2.53. The van der Waals surface area contributed by atoms with Gasteiger partial charge < -0.3 is 33.8 Å². The molecule has 0 amide bonds. The minimum Gasteiger partial charge on any atom is -0.462 e. The molecular formula is C73H142O17P2. The standard InChI is InChI=1S/C73H142O17P2/c1-7-9-11-13-15-17-19-23-28-31-37-43-49-55-70(75)83-61-68(89-73(78)58-52-46-39-33-29-25-22-21-24-26-30-35-41-47-53-65(3)4)63-87-91(79,80)85-59-67(74)60-86-92(81,82)88-64-69(62-84-71(76)56-50-44-40-34-36-42-48-54-66(5)6)90-72(77)57-51-45-38-32-27-20-18-16-14-12-10-8-2/h65-69,74H,7-64H2,1-6H3,(H,79,80)(H,81,82)/t67-,68-,69-/m1/s1. The highest BCUT2D eigenvalue weighted by Gasteiger charge is 2.30. The predicted octanol–water partition coefficient (Wildman–Crippen LogP) is 21.2. The van der Waals surface area contributed by atoms with Gasteiger partial charge in [-0.2, -0.15) is 0 Å². The van der Waals surface area contributed by atoms with Crippen LogP contribution in [0.1, 0.15) is 375 Å². The van der Waals surface area contributed by atoms with E-state index in [1.54, 1.807) is 0 Å². The number of phosphoric ester groups is 2. The van der Waals surface area contributed by atoms with Gasteiger partial charge in [0.1, 0.15) is 19.3 Å². The smallest absolute Gasteiger partial charge is 0.462 e. The molecule has 0 aromatic carbocycles. The molecular weight excluding hydrogens is 1210 g/mol. The molecule has 0 aliphatic heterocycles. The number of aliphatic hydroxyl groups excluding tert-OH is 1. The van der Waals surface area contributed by atoms with Crippen LogP contribution in [-0.2, 0) is 65.4 Å². The monoisotopic (exact) mass is 1350 g/mol. The highest BCUT2D eigenvalue weighted by atomic mass is 31.2. The summed E-state index contributed by atoms with van der Waals surface area (Å²) < 4.78 is 68.4. The van der Waals surface area contributed by atoms with Gasteiger partial charge in [-0.3, -0.25) is 37.3 Å². The Kier molecular flexibility index (Phi) is 63.7. The first kappa shape index (κ1) is 90.1. The van der Waals surface area contributed by atoms with E-state index in [1.165, 1.54) is 186 Å². The van der Waals surface area contributed by atoms with Crippen LogP contribution in [-0.4, -0.2) is 96.7 Å². The molecule has 0 aromatic heterocycles. The number of unbranched alkanes of at least 4 members (excludes halogenated alkanes) is 42. The summed E-state index contributed by atoms with van der Waals surface area (Å²) in [4.78, 5) is 72.7. The lowest BCUT2D eigenvalue weighted by Gasteiger charge is -2.21. The summed E-state index contributed by atoms with van der Waals surface area (Å²) in [6.45, 7) is 9.54. The number of carbonyl (C=O) groups excluding carboxylic acids is 4. The number of ether oxygens (including phenoxy) is 4. The predicted molar refractivity (Wildman–Crippen MR) is 372 cm³/mol. The maximum absolute atomic E-state index is 13.1. The van der Waals surface area contributed by atoms with E-state index in [0.717, 1.165) is 102 Å². The molecule has 0 heterocycles. The third-order valence-corrected chi connectivity index (χ3v) is 18.9. The first-order chi connectivity index (χ1) is 44.4. The summed E-state index contributed by atoms with van der Waals surface area (Å²) in [7, 11) is -9.90. The molecule has 0 aromatic rings. The first-order valence-corrected chi connectivity index (χ1v) is 41.0. The number of carbonyl (C=O) groups is 4. The largest absolute Gasteiger partial charge is 0.472 e. The molecule has 5 atom stereocenters. The van der Waals surface area contributed by atoms with Crippen LogP contribution in [0.5, 0.6) is 0 Å². The fraction of sp³-hybridized carbons (Fsp3) is 0.945. The maximum Gasteiger partial charge on any atom is 0.472 e. The fourth-order valence-corrected chi connectivity index (χ4v) is 12.7. The zero-order chi connectivity index (χ0) is 67.9. The van der Waals surface area contributed by atoms with Crippen molar-refractivity contribution in [1.82, 2.24) is 0 Å². The summed E-state index contributed by atoms with van der Waals surface area (Å²) in [5, 5.41) is 10.6. The van der Waals surface area contributed by atoms with Crippen LogP contribution in [0, 0.1) is 11.8 Å². The van der Waals surface area contributed by atoms with Crippen molar-refractivity contribution in [1.29, 1.82) is 0 Å². The second-order valence-corrected chi connectivity index (χ2v) is 30.2.